The van der Waals surface area contributed by atoms with Crippen LogP contribution in [-0.4, -0.2) is 51.4 Å². The lowest BCUT2D eigenvalue weighted by atomic mass is 10.0. The van der Waals surface area contributed by atoms with E-state index in [1.165, 1.54) is 24.3 Å². The Hall–Kier alpha value is -1.74. The third-order valence-corrected chi connectivity index (χ3v) is 2.89. The lowest BCUT2D eigenvalue weighted by Crippen LogP contribution is -2.55. The van der Waals surface area contributed by atoms with E-state index in [0.717, 1.165) is 0 Å². The van der Waals surface area contributed by atoms with E-state index in [1.54, 1.807) is 0 Å². The van der Waals surface area contributed by atoms with Gasteiger partial charge in [-0.05, 0) is 12.1 Å². The molecule has 104 valence electrons. The van der Waals surface area contributed by atoms with E-state index in [9.17, 15) is 25.4 Å². The zero-order valence-electron chi connectivity index (χ0n) is 9.84. The highest BCUT2D eigenvalue weighted by molar-refractivity contribution is 5.49. The number of hydrogen-bond acceptors (Lipinski definition) is 7. The van der Waals surface area contributed by atoms with Gasteiger partial charge in [-0.1, -0.05) is 0 Å². The first-order valence-corrected chi connectivity index (χ1v) is 5.66. The largest absolute Gasteiger partial charge is 0.388 e. The highest BCUT2D eigenvalue weighted by Gasteiger charge is 2.37. The minimum absolute atomic E-state index is 0.0499. The number of nitro groups is 1. The smallest absolute Gasteiger partial charge is 0.269 e. The van der Waals surface area contributed by atoms with Crippen LogP contribution in [-0.2, 0) is 4.74 Å². The van der Waals surface area contributed by atoms with Crippen LogP contribution >= 0.6 is 0 Å². The maximum Gasteiger partial charge on any atom is 0.269 e. The quantitative estimate of drug-likeness (QED) is 0.428. The van der Waals surface area contributed by atoms with E-state index >= 15 is 0 Å². The minimum Gasteiger partial charge on any atom is -0.388 e. The van der Waals surface area contributed by atoms with Gasteiger partial charge in [0, 0.05) is 17.8 Å². The molecule has 0 radical (unpaired) electrons. The predicted molar refractivity (Wildman–Crippen MR) is 64.5 cm³/mol. The maximum absolute atomic E-state index is 10.5. The maximum atomic E-state index is 10.5. The second-order valence-corrected chi connectivity index (χ2v) is 4.25. The Kier molecular flexibility index (Phi) is 3.96. The number of nitro benzene ring substituents is 1. The molecule has 0 spiro atoms. The number of aliphatic hydroxyl groups is 3. The Balaban J connectivity index is 2.03. The van der Waals surface area contributed by atoms with E-state index in [2.05, 4.69) is 5.32 Å². The Bertz CT molecular complexity index is 451. The molecule has 4 atom stereocenters. The third kappa shape index (κ3) is 2.99. The molecule has 1 aliphatic rings. The topological polar surface area (TPSA) is 125 Å². The molecule has 8 heteroatoms. The molecule has 1 fully saturated rings. The summed E-state index contributed by atoms with van der Waals surface area (Å²) < 4.78 is 5.15. The van der Waals surface area contributed by atoms with Crippen molar-refractivity contribution in [3.8, 4) is 0 Å². The molecule has 1 aliphatic heterocycles. The van der Waals surface area contributed by atoms with Gasteiger partial charge in [-0.15, -0.1) is 0 Å². The van der Waals surface area contributed by atoms with Gasteiger partial charge in [0.15, 0.2) is 6.23 Å². The summed E-state index contributed by atoms with van der Waals surface area (Å²) in [6.45, 7) is -0.108. The fraction of sp³-hybridized carbons (Fsp3) is 0.455. The Labute approximate surface area is 108 Å². The summed E-state index contributed by atoms with van der Waals surface area (Å²) in [4.78, 5) is 9.97. The number of anilines is 1. The van der Waals surface area contributed by atoms with Crippen molar-refractivity contribution in [1.29, 1.82) is 0 Å². The molecule has 8 nitrogen and oxygen atoms in total. The molecule has 1 unspecified atom stereocenters. The minimum atomic E-state index is -1.30. The Morgan fingerprint density at radius 2 is 1.84 bits per heavy atom. The van der Waals surface area contributed by atoms with Crippen LogP contribution in [0.1, 0.15) is 0 Å². The molecule has 1 saturated heterocycles. The SMILES string of the molecule is O=[N+]([O-])c1ccc(NC2OC[C@@H](O)[C@H](O)[C@H]2O)cc1. The van der Waals surface area contributed by atoms with Crippen LogP contribution in [0, 0.1) is 10.1 Å². The summed E-state index contributed by atoms with van der Waals surface area (Å²) >= 11 is 0. The van der Waals surface area contributed by atoms with Crippen LogP contribution in [0.5, 0.6) is 0 Å². The molecule has 19 heavy (non-hydrogen) atoms. The standard InChI is InChI=1S/C11H14N2O6/c14-8-5-19-11(10(16)9(8)15)12-6-1-3-7(4-2-6)13(17)18/h1-4,8-12,14-16H,5H2/t8-,9+,10-,11?/m1/s1. The number of non-ortho nitro benzene ring substituents is 1. The number of aliphatic hydroxyl groups excluding tert-OH is 3. The van der Waals surface area contributed by atoms with E-state index in [0.29, 0.717) is 5.69 Å². The highest BCUT2D eigenvalue weighted by Crippen LogP contribution is 2.20. The van der Waals surface area contributed by atoms with E-state index in [1.807, 2.05) is 0 Å². The molecular formula is C11H14N2O6. The average molecular weight is 270 g/mol. The van der Waals surface area contributed by atoms with Crippen LogP contribution in [0.3, 0.4) is 0 Å². The van der Waals surface area contributed by atoms with E-state index in [-0.39, 0.29) is 12.3 Å². The van der Waals surface area contributed by atoms with Crippen LogP contribution in [0.15, 0.2) is 24.3 Å². The normalized spacial score (nSPS) is 30.9. The zero-order valence-corrected chi connectivity index (χ0v) is 9.84. The molecule has 4 N–H and O–H groups in total. The van der Waals surface area contributed by atoms with Gasteiger partial charge in [0.2, 0.25) is 0 Å². The Morgan fingerprint density at radius 3 is 2.42 bits per heavy atom. The van der Waals surface area contributed by atoms with Crippen LogP contribution in [0.2, 0.25) is 0 Å². The monoisotopic (exact) mass is 270 g/mol. The van der Waals surface area contributed by atoms with Crippen molar-refractivity contribution >= 4 is 11.4 Å². The third-order valence-electron chi connectivity index (χ3n) is 2.89. The van der Waals surface area contributed by atoms with Crippen molar-refractivity contribution in [2.45, 2.75) is 24.5 Å². The molecule has 0 amide bonds. The lowest BCUT2D eigenvalue weighted by molar-refractivity contribution is -0.384. The van der Waals surface area contributed by atoms with Gasteiger partial charge in [-0.25, -0.2) is 0 Å². The molecule has 0 aliphatic carbocycles. The first-order valence-electron chi connectivity index (χ1n) is 5.66. The number of hydrogen-bond donors (Lipinski definition) is 4. The summed E-state index contributed by atoms with van der Waals surface area (Å²) in [5, 5.41) is 41.8. The second-order valence-electron chi connectivity index (χ2n) is 4.25. The van der Waals surface area contributed by atoms with Gasteiger partial charge in [0.1, 0.15) is 18.3 Å². The highest BCUT2D eigenvalue weighted by atomic mass is 16.6. The second kappa shape index (κ2) is 5.49. The van der Waals surface area contributed by atoms with Gasteiger partial charge in [0.25, 0.3) is 5.69 Å². The van der Waals surface area contributed by atoms with Gasteiger partial charge in [0.05, 0.1) is 11.5 Å². The molecule has 0 saturated carbocycles. The summed E-state index contributed by atoms with van der Waals surface area (Å²) in [6, 6.07) is 5.54. The fourth-order valence-corrected chi connectivity index (χ4v) is 1.78. The van der Waals surface area contributed by atoms with Crippen molar-refractivity contribution in [3.63, 3.8) is 0 Å². The van der Waals surface area contributed by atoms with Crippen molar-refractivity contribution in [1.82, 2.24) is 0 Å². The lowest BCUT2D eigenvalue weighted by Gasteiger charge is -2.35. The van der Waals surface area contributed by atoms with Crippen LogP contribution in [0.25, 0.3) is 0 Å². The number of rotatable bonds is 3. The van der Waals surface area contributed by atoms with Crippen molar-refractivity contribution < 1.29 is 25.0 Å². The number of nitrogens with zero attached hydrogens (tertiary/aromatic N) is 1. The predicted octanol–water partition coefficient (Wildman–Crippen LogP) is -0.554. The summed E-state index contributed by atoms with van der Waals surface area (Å²) in [5.41, 5.74) is 0.448. The number of benzene rings is 1. The molecule has 0 aromatic heterocycles. The van der Waals surface area contributed by atoms with Gasteiger partial charge < -0.3 is 25.4 Å². The van der Waals surface area contributed by atoms with E-state index < -0.39 is 29.5 Å². The van der Waals surface area contributed by atoms with Crippen molar-refractivity contribution in [3.05, 3.63) is 34.4 Å². The first kappa shape index (κ1) is 13.7. The molecule has 1 aromatic rings. The zero-order chi connectivity index (χ0) is 14.0. The van der Waals surface area contributed by atoms with Crippen LogP contribution in [0.4, 0.5) is 11.4 Å². The fourth-order valence-electron chi connectivity index (χ4n) is 1.78. The number of ether oxygens (including phenoxy) is 1. The number of nitrogens with one attached hydrogen (secondary N) is 1. The van der Waals surface area contributed by atoms with Crippen molar-refractivity contribution in [2.75, 3.05) is 11.9 Å². The summed E-state index contributed by atoms with van der Waals surface area (Å²) in [5.74, 6) is 0. The van der Waals surface area contributed by atoms with Gasteiger partial charge in [-0.3, -0.25) is 10.1 Å². The summed E-state index contributed by atoms with van der Waals surface area (Å²) in [7, 11) is 0. The van der Waals surface area contributed by atoms with Crippen molar-refractivity contribution in [2.24, 2.45) is 0 Å². The van der Waals surface area contributed by atoms with Crippen LogP contribution < -0.4 is 5.32 Å². The summed E-state index contributed by atoms with van der Waals surface area (Å²) in [6.07, 6.45) is -4.62. The molecular weight excluding hydrogens is 256 g/mol. The van der Waals surface area contributed by atoms with Gasteiger partial charge in [-0.2, -0.15) is 0 Å². The van der Waals surface area contributed by atoms with E-state index in [4.69, 9.17) is 4.74 Å². The Morgan fingerprint density at radius 1 is 1.21 bits per heavy atom. The van der Waals surface area contributed by atoms with Gasteiger partial charge >= 0.3 is 0 Å². The average Bonchev–Trinajstić information content (AvgIpc) is 2.40. The molecule has 2 rings (SSSR count). The molecule has 1 heterocycles. The molecule has 1 aromatic carbocycles. The molecule has 0 bridgehead atoms. The first-order chi connectivity index (χ1) is 8.99.